The second kappa shape index (κ2) is 8.69. The van der Waals surface area contributed by atoms with Gasteiger partial charge in [-0.1, -0.05) is 42.1 Å². The molecule has 0 spiro atoms. The van der Waals surface area contributed by atoms with E-state index in [1.165, 1.54) is 23.9 Å². The lowest BCUT2D eigenvalue weighted by molar-refractivity contribution is -0.384. The first-order valence-electron chi connectivity index (χ1n) is 9.21. The van der Waals surface area contributed by atoms with Crippen molar-refractivity contribution in [1.82, 2.24) is 9.55 Å². The average molecular weight is 429 g/mol. The van der Waals surface area contributed by atoms with Crippen LogP contribution in [0, 0.1) is 21.4 Å². The Morgan fingerprint density at radius 3 is 2.61 bits per heavy atom. The summed E-state index contributed by atoms with van der Waals surface area (Å²) in [5.74, 6) is -0.233. The minimum absolute atomic E-state index is 0.0485. The first-order chi connectivity index (χ1) is 15.1. The zero-order valence-corrected chi connectivity index (χ0v) is 16.9. The molecule has 1 amide bonds. The van der Waals surface area contributed by atoms with Crippen molar-refractivity contribution in [2.75, 3.05) is 11.1 Å². The first-order valence-corrected chi connectivity index (χ1v) is 10.2. The van der Waals surface area contributed by atoms with E-state index < -0.39 is 4.92 Å². The van der Waals surface area contributed by atoms with E-state index in [0.717, 1.165) is 5.69 Å². The molecule has 0 saturated heterocycles. The number of fused-ring (bicyclic) bond motifs is 1. The maximum absolute atomic E-state index is 12.5. The molecule has 0 aliphatic rings. The highest BCUT2D eigenvalue weighted by atomic mass is 32.2. The summed E-state index contributed by atoms with van der Waals surface area (Å²) in [6.45, 7) is 0. The predicted molar refractivity (Wildman–Crippen MR) is 118 cm³/mol. The third-order valence-electron chi connectivity index (χ3n) is 4.49. The number of nitriles is 1. The Kier molecular flexibility index (Phi) is 5.64. The predicted octanol–water partition coefficient (Wildman–Crippen LogP) is 4.54. The lowest BCUT2D eigenvalue weighted by Gasteiger charge is -2.09. The Bertz CT molecular complexity index is 1330. The SMILES string of the molecule is N#Cc1ccccc1NC(=O)CSc1nc2cc([N+](=O)[O-])ccc2n1-c1ccccc1. The Labute approximate surface area is 181 Å². The fraction of sp³-hybridized carbons (Fsp3) is 0.0455. The smallest absolute Gasteiger partial charge is 0.271 e. The molecule has 0 fully saturated rings. The summed E-state index contributed by atoms with van der Waals surface area (Å²) >= 11 is 1.21. The van der Waals surface area contributed by atoms with E-state index in [-0.39, 0.29) is 17.3 Å². The second-order valence-corrected chi connectivity index (χ2v) is 7.43. The van der Waals surface area contributed by atoms with Gasteiger partial charge in [0.25, 0.3) is 5.69 Å². The van der Waals surface area contributed by atoms with Gasteiger partial charge < -0.3 is 5.32 Å². The van der Waals surface area contributed by atoms with Crippen molar-refractivity contribution in [3.63, 3.8) is 0 Å². The van der Waals surface area contributed by atoms with Crippen LogP contribution >= 0.6 is 11.8 Å². The molecule has 0 radical (unpaired) electrons. The number of thioether (sulfide) groups is 1. The number of rotatable bonds is 6. The summed E-state index contributed by atoms with van der Waals surface area (Å²) in [6.07, 6.45) is 0. The minimum Gasteiger partial charge on any atom is -0.324 e. The van der Waals surface area contributed by atoms with Crippen molar-refractivity contribution >= 4 is 40.1 Å². The molecule has 4 aromatic rings. The molecule has 0 aliphatic heterocycles. The molecule has 8 nitrogen and oxygen atoms in total. The molecule has 0 aliphatic carbocycles. The molecule has 0 bridgehead atoms. The van der Waals surface area contributed by atoms with Gasteiger partial charge in [-0.3, -0.25) is 19.5 Å². The first kappa shape index (κ1) is 20.1. The second-order valence-electron chi connectivity index (χ2n) is 6.49. The standard InChI is InChI=1S/C22H15N5O3S/c23-13-15-6-4-5-9-18(15)24-21(28)14-31-22-25-19-12-17(27(29)30)10-11-20(19)26(22)16-7-2-1-3-8-16/h1-12H,14H2,(H,24,28). The van der Waals surface area contributed by atoms with Crippen molar-refractivity contribution in [2.24, 2.45) is 0 Å². The molecular formula is C22H15N5O3S. The van der Waals surface area contributed by atoms with Crippen LogP contribution in [0.5, 0.6) is 0 Å². The number of hydrogen-bond acceptors (Lipinski definition) is 6. The van der Waals surface area contributed by atoms with Crippen LogP contribution in [0.25, 0.3) is 16.7 Å². The van der Waals surface area contributed by atoms with Gasteiger partial charge in [-0.05, 0) is 30.3 Å². The van der Waals surface area contributed by atoms with Crippen LogP contribution in [0.1, 0.15) is 5.56 Å². The third kappa shape index (κ3) is 4.24. The molecule has 152 valence electrons. The summed E-state index contributed by atoms with van der Waals surface area (Å²) in [5.41, 5.74) is 2.78. The number of nitrogens with zero attached hydrogens (tertiary/aromatic N) is 4. The Hall–Kier alpha value is -4.16. The van der Waals surface area contributed by atoms with Gasteiger partial charge in [-0.25, -0.2) is 4.98 Å². The number of carbonyl (C=O) groups is 1. The van der Waals surface area contributed by atoms with Crippen LogP contribution in [0.2, 0.25) is 0 Å². The van der Waals surface area contributed by atoms with Crippen molar-refractivity contribution in [1.29, 1.82) is 5.26 Å². The Morgan fingerprint density at radius 2 is 1.87 bits per heavy atom. The van der Waals surface area contributed by atoms with Crippen LogP contribution in [0.15, 0.2) is 78.0 Å². The molecule has 31 heavy (non-hydrogen) atoms. The van der Waals surface area contributed by atoms with E-state index in [4.69, 9.17) is 0 Å². The molecule has 0 saturated carbocycles. The summed E-state index contributed by atoms with van der Waals surface area (Å²) in [4.78, 5) is 27.7. The van der Waals surface area contributed by atoms with Crippen LogP contribution in [0.3, 0.4) is 0 Å². The zero-order valence-electron chi connectivity index (χ0n) is 16.1. The highest BCUT2D eigenvalue weighted by Gasteiger charge is 2.17. The van der Waals surface area contributed by atoms with E-state index >= 15 is 0 Å². The van der Waals surface area contributed by atoms with E-state index in [1.54, 1.807) is 30.3 Å². The number of para-hydroxylation sites is 2. The summed E-state index contributed by atoms with van der Waals surface area (Å²) < 4.78 is 1.86. The summed E-state index contributed by atoms with van der Waals surface area (Å²) in [6, 6.07) is 22.8. The maximum Gasteiger partial charge on any atom is 0.271 e. The van der Waals surface area contributed by atoms with Gasteiger partial charge in [0.15, 0.2) is 5.16 Å². The molecule has 1 heterocycles. The van der Waals surface area contributed by atoms with Crippen molar-refractivity contribution in [3.05, 3.63) is 88.5 Å². The van der Waals surface area contributed by atoms with Gasteiger partial charge in [0.2, 0.25) is 5.91 Å². The molecule has 3 aromatic carbocycles. The molecule has 0 atom stereocenters. The quantitative estimate of drug-likeness (QED) is 0.273. The van der Waals surface area contributed by atoms with Gasteiger partial charge >= 0.3 is 0 Å². The lowest BCUT2D eigenvalue weighted by atomic mass is 10.2. The van der Waals surface area contributed by atoms with Crippen LogP contribution in [0.4, 0.5) is 11.4 Å². The van der Waals surface area contributed by atoms with Gasteiger partial charge in [-0.15, -0.1) is 0 Å². The molecular weight excluding hydrogens is 414 g/mol. The normalized spacial score (nSPS) is 10.5. The van der Waals surface area contributed by atoms with E-state index in [0.29, 0.717) is 27.4 Å². The number of nitro benzene ring substituents is 1. The number of aromatic nitrogens is 2. The molecule has 4 rings (SSSR count). The van der Waals surface area contributed by atoms with Crippen LogP contribution in [-0.2, 0) is 4.79 Å². The number of anilines is 1. The molecule has 1 aromatic heterocycles. The van der Waals surface area contributed by atoms with Crippen molar-refractivity contribution in [3.8, 4) is 11.8 Å². The minimum atomic E-state index is -0.464. The van der Waals surface area contributed by atoms with Gasteiger partial charge in [0, 0.05) is 17.8 Å². The lowest BCUT2D eigenvalue weighted by Crippen LogP contribution is -2.15. The number of imidazole rings is 1. The number of benzene rings is 3. The number of amides is 1. The Balaban J connectivity index is 1.64. The van der Waals surface area contributed by atoms with E-state index in [2.05, 4.69) is 10.3 Å². The van der Waals surface area contributed by atoms with Gasteiger partial charge in [0.1, 0.15) is 6.07 Å². The average Bonchev–Trinajstić information content (AvgIpc) is 3.16. The fourth-order valence-electron chi connectivity index (χ4n) is 3.09. The fourth-order valence-corrected chi connectivity index (χ4v) is 3.92. The number of hydrogen-bond donors (Lipinski definition) is 1. The number of nitrogens with one attached hydrogen (secondary N) is 1. The highest BCUT2D eigenvalue weighted by molar-refractivity contribution is 7.99. The largest absolute Gasteiger partial charge is 0.324 e. The topological polar surface area (TPSA) is 114 Å². The number of nitro groups is 1. The highest BCUT2D eigenvalue weighted by Crippen LogP contribution is 2.30. The molecule has 9 heteroatoms. The monoisotopic (exact) mass is 429 g/mol. The van der Waals surface area contributed by atoms with E-state index in [1.807, 2.05) is 41.0 Å². The zero-order chi connectivity index (χ0) is 21.8. The van der Waals surface area contributed by atoms with Gasteiger partial charge in [-0.2, -0.15) is 5.26 Å². The summed E-state index contributed by atoms with van der Waals surface area (Å²) in [5, 5.41) is 23.6. The third-order valence-corrected chi connectivity index (χ3v) is 5.43. The molecule has 1 N–H and O–H groups in total. The van der Waals surface area contributed by atoms with Crippen LogP contribution in [-0.4, -0.2) is 26.1 Å². The molecule has 0 unspecified atom stereocenters. The van der Waals surface area contributed by atoms with Gasteiger partial charge in [0.05, 0.1) is 33.0 Å². The van der Waals surface area contributed by atoms with Crippen LogP contribution < -0.4 is 5.32 Å². The number of non-ortho nitro benzene ring substituents is 1. The summed E-state index contributed by atoms with van der Waals surface area (Å²) in [7, 11) is 0. The van der Waals surface area contributed by atoms with Crippen molar-refractivity contribution < 1.29 is 9.72 Å². The maximum atomic E-state index is 12.5. The number of carbonyl (C=O) groups excluding carboxylic acids is 1. The van der Waals surface area contributed by atoms with Crippen molar-refractivity contribution in [2.45, 2.75) is 5.16 Å². The Morgan fingerprint density at radius 1 is 1.13 bits per heavy atom. The van der Waals surface area contributed by atoms with E-state index in [9.17, 15) is 20.2 Å².